The third-order valence-electron chi connectivity index (χ3n) is 7.80. The predicted octanol–water partition coefficient (Wildman–Crippen LogP) is 8.58. The largest absolute Gasteiger partial charge is 0.493 e. The molecule has 0 aliphatic carbocycles. The van der Waals surface area contributed by atoms with Gasteiger partial charge in [-0.15, -0.1) is 0 Å². The van der Waals surface area contributed by atoms with Crippen LogP contribution in [0.5, 0.6) is 23.0 Å². The minimum Gasteiger partial charge on any atom is -0.493 e. The van der Waals surface area contributed by atoms with Crippen LogP contribution in [-0.4, -0.2) is 36.3 Å². The van der Waals surface area contributed by atoms with Gasteiger partial charge in [0.1, 0.15) is 6.61 Å². The second-order valence-electron chi connectivity index (χ2n) is 11.8. The molecular weight excluding hydrogens is 516 g/mol. The molecule has 3 rings (SSSR count). The normalized spacial score (nSPS) is 12.5. The molecule has 6 heteroatoms. The van der Waals surface area contributed by atoms with Crippen LogP contribution < -0.4 is 18.9 Å². The van der Waals surface area contributed by atoms with Crippen LogP contribution in [0.1, 0.15) is 43.9 Å². The zero-order chi connectivity index (χ0) is 29.3. The second kappa shape index (κ2) is 13.9. The van der Waals surface area contributed by atoms with Crippen molar-refractivity contribution in [1.82, 2.24) is 0 Å². The van der Waals surface area contributed by atoms with E-state index in [1.807, 2.05) is 42.5 Å². The summed E-state index contributed by atoms with van der Waals surface area (Å²) < 4.78 is 29.5. The van der Waals surface area contributed by atoms with Gasteiger partial charge in [0, 0.05) is 6.61 Å². The van der Waals surface area contributed by atoms with Gasteiger partial charge in [0.05, 0.1) is 21.3 Å². The van der Waals surface area contributed by atoms with Gasteiger partial charge in [0.15, 0.2) is 31.3 Å². The fourth-order valence-electron chi connectivity index (χ4n) is 4.28. The number of rotatable bonds is 14. The van der Waals surface area contributed by atoms with Crippen LogP contribution in [0.25, 0.3) is 5.57 Å². The molecule has 0 fully saturated rings. The highest BCUT2D eigenvalue weighted by atomic mass is 28.4. The molecule has 0 radical (unpaired) electrons. The summed E-state index contributed by atoms with van der Waals surface area (Å²) in [6.45, 7) is 17.0. The van der Waals surface area contributed by atoms with Gasteiger partial charge < -0.3 is 23.4 Å². The first-order valence-corrected chi connectivity index (χ1v) is 16.8. The fourth-order valence-corrected chi connectivity index (χ4v) is 5.37. The molecule has 0 heterocycles. The van der Waals surface area contributed by atoms with Gasteiger partial charge in [-0.3, -0.25) is 0 Å². The number of benzene rings is 3. The van der Waals surface area contributed by atoms with Gasteiger partial charge in [-0.1, -0.05) is 69.8 Å². The first-order chi connectivity index (χ1) is 19.0. The Bertz CT molecular complexity index is 1250. The van der Waals surface area contributed by atoms with Crippen molar-refractivity contribution in [1.29, 1.82) is 0 Å². The van der Waals surface area contributed by atoms with E-state index in [-0.39, 0.29) is 11.0 Å². The van der Waals surface area contributed by atoms with Crippen molar-refractivity contribution in [3.8, 4) is 23.0 Å². The van der Waals surface area contributed by atoms with Gasteiger partial charge >= 0.3 is 0 Å². The van der Waals surface area contributed by atoms with E-state index in [1.165, 1.54) is 5.56 Å². The molecule has 0 amide bonds. The number of hydrogen-bond donors (Lipinski definition) is 0. The van der Waals surface area contributed by atoms with E-state index < -0.39 is 8.32 Å². The summed E-state index contributed by atoms with van der Waals surface area (Å²) in [6, 6.07) is 22.3. The van der Waals surface area contributed by atoms with Gasteiger partial charge in [-0.2, -0.15) is 0 Å². The van der Waals surface area contributed by atoms with Crippen LogP contribution in [0.4, 0.5) is 0 Å². The van der Waals surface area contributed by atoms with Crippen molar-refractivity contribution in [3.05, 3.63) is 90.0 Å². The number of ether oxygens (including phenoxy) is 4. The van der Waals surface area contributed by atoms with E-state index in [0.717, 1.165) is 41.0 Å². The zero-order valence-electron chi connectivity index (χ0n) is 25.5. The van der Waals surface area contributed by atoms with Crippen molar-refractivity contribution in [2.24, 2.45) is 5.92 Å². The molecule has 0 bridgehead atoms. The lowest BCUT2D eigenvalue weighted by atomic mass is 9.90. The minimum absolute atomic E-state index is 0.138. The lowest BCUT2D eigenvalue weighted by Crippen LogP contribution is -2.42. The molecule has 0 aliphatic rings. The molecule has 0 saturated carbocycles. The number of hydrogen-bond acceptors (Lipinski definition) is 5. The highest BCUT2D eigenvalue weighted by Gasteiger charge is 2.37. The van der Waals surface area contributed by atoms with Crippen molar-refractivity contribution >= 4 is 13.9 Å². The van der Waals surface area contributed by atoms with Crippen LogP contribution >= 0.6 is 0 Å². The van der Waals surface area contributed by atoms with E-state index in [4.69, 9.17) is 23.4 Å². The van der Waals surface area contributed by atoms with Crippen molar-refractivity contribution in [3.63, 3.8) is 0 Å². The van der Waals surface area contributed by atoms with Crippen molar-refractivity contribution in [2.75, 3.05) is 27.9 Å². The minimum atomic E-state index is -1.92. The summed E-state index contributed by atoms with van der Waals surface area (Å²) in [5.74, 6) is 3.11. The molecule has 3 aromatic carbocycles. The SMILES string of the molecule is C=C(CC(CO[Si](C)(C)C(C)(C)C)Cc1ccc(OCc2ccccc2)c(OC)c1)c1ccc(OC)c(OC)c1. The van der Waals surface area contributed by atoms with Crippen molar-refractivity contribution in [2.45, 2.75) is 58.4 Å². The molecule has 0 N–H and O–H groups in total. The quantitative estimate of drug-likeness (QED) is 0.184. The van der Waals surface area contributed by atoms with E-state index in [0.29, 0.717) is 24.7 Å². The van der Waals surface area contributed by atoms with Crippen molar-refractivity contribution < 1.29 is 23.4 Å². The Morgan fingerprint density at radius 3 is 2.02 bits per heavy atom. The van der Waals surface area contributed by atoms with Crippen LogP contribution in [0.15, 0.2) is 73.3 Å². The average Bonchev–Trinajstić information content (AvgIpc) is 2.94. The summed E-state index contributed by atoms with van der Waals surface area (Å²) >= 11 is 0. The summed E-state index contributed by atoms with van der Waals surface area (Å²) in [5, 5.41) is 0.138. The molecule has 1 atom stereocenters. The standard InChI is InChI=1S/C34H46O5Si/c1-25(29-16-18-30(35-5)33(22-29)37-7)19-28(24-39-40(8,9)34(2,3)4)20-27-15-17-31(32(21-27)36-6)38-23-26-13-11-10-12-14-26/h10-18,21-22,28H,1,19-20,23-24H2,2-9H3. The van der Waals surface area contributed by atoms with Gasteiger partial charge in [0.2, 0.25) is 0 Å². The van der Waals surface area contributed by atoms with Gasteiger partial charge in [0.25, 0.3) is 0 Å². The van der Waals surface area contributed by atoms with Crippen LogP contribution in [0.3, 0.4) is 0 Å². The Morgan fingerprint density at radius 2 is 1.40 bits per heavy atom. The van der Waals surface area contributed by atoms with Gasteiger partial charge in [-0.05, 0) is 83.4 Å². The molecule has 1 unspecified atom stereocenters. The van der Waals surface area contributed by atoms with Crippen LogP contribution in [-0.2, 0) is 17.5 Å². The smallest absolute Gasteiger partial charge is 0.191 e. The van der Waals surface area contributed by atoms with Crippen LogP contribution in [0, 0.1) is 5.92 Å². The molecule has 0 aromatic heterocycles. The summed E-state index contributed by atoms with van der Waals surface area (Å²) in [6.07, 6.45) is 1.62. The van der Waals surface area contributed by atoms with Gasteiger partial charge in [-0.25, -0.2) is 0 Å². The van der Waals surface area contributed by atoms with E-state index in [9.17, 15) is 0 Å². The molecular formula is C34H46O5Si. The van der Waals surface area contributed by atoms with E-state index in [1.54, 1.807) is 21.3 Å². The molecule has 0 aliphatic heterocycles. The number of allylic oxidation sites excluding steroid dienone is 1. The third kappa shape index (κ3) is 8.39. The molecule has 216 valence electrons. The van der Waals surface area contributed by atoms with Crippen LogP contribution in [0.2, 0.25) is 18.1 Å². The highest BCUT2D eigenvalue weighted by molar-refractivity contribution is 6.74. The topological polar surface area (TPSA) is 46.2 Å². The second-order valence-corrected chi connectivity index (χ2v) is 16.6. The third-order valence-corrected chi connectivity index (χ3v) is 12.3. The molecule has 0 saturated heterocycles. The average molecular weight is 563 g/mol. The van der Waals surface area contributed by atoms with E-state index in [2.05, 4.69) is 64.7 Å². The Morgan fingerprint density at radius 1 is 0.775 bits per heavy atom. The Labute approximate surface area is 242 Å². The lowest BCUT2D eigenvalue weighted by molar-refractivity contribution is 0.229. The maximum Gasteiger partial charge on any atom is 0.191 e. The summed E-state index contributed by atoms with van der Waals surface area (Å²) in [7, 11) is 3.06. The maximum atomic E-state index is 6.71. The summed E-state index contributed by atoms with van der Waals surface area (Å²) in [5.41, 5.74) is 4.37. The monoisotopic (exact) mass is 562 g/mol. The maximum absolute atomic E-state index is 6.71. The molecule has 5 nitrogen and oxygen atoms in total. The zero-order valence-corrected chi connectivity index (χ0v) is 26.5. The summed E-state index contributed by atoms with van der Waals surface area (Å²) in [4.78, 5) is 0. The lowest BCUT2D eigenvalue weighted by Gasteiger charge is -2.37. The number of methoxy groups -OCH3 is 3. The Balaban J connectivity index is 1.80. The fraction of sp³-hybridized carbons (Fsp3) is 0.412. The molecule has 3 aromatic rings. The Kier molecular flexibility index (Phi) is 10.9. The first-order valence-electron chi connectivity index (χ1n) is 13.8. The molecule has 0 spiro atoms. The predicted molar refractivity (Wildman–Crippen MR) is 167 cm³/mol. The first kappa shape index (κ1) is 31.3. The Hall–Kier alpha value is -3.22. The highest BCUT2D eigenvalue weighted by Crippen LogP contribution is 2.38. The van der Waals surface area contributed by atoms with E-state index >= 15 is 0 Å². The molecule has 40 heavy (non-hydrogen) atoms.